The van der Waals surface area contributed by atoms with Gasteiger partial charge in [0, 0.05) is 13.1 Å². The van der Waals surface area contributed by atoms with Gasteiger partial charge in [-0.25, -0.2) is 4.39 Å². The zero-order valence-electron chi connectivity index (χ0n) is 15.6. The molecule has 0 saturated carbocycles. The molecule has 0 aliphatic carbocycles. The van der Waals surface area contributed by atoms with Gasteiger partial charge in [0.1, 0.15) is 5.82 Å². The Morgan fingerprint density at radius 3 is 2.64 bits per heavy atom. The van der Waals surface area contributed by atoms with Crippen LogP contribution in [0.3, 0.4) is 0 Å². The van der Waals surface area contributed by atoms with E-state index in [0.717, 1.165) is 30.5 Å². The summed E-state index contributed by atoms with van der Waals surface area (Å²) in [6.07, 6.45) is 2.72. The van der Waals surface area contributed by atoms with Crippen molar-refractivity contribution in [3.05, 3.63) is 83.3 Å². The molecule has 144 valence electrons. The predicted molar refractivity (Wildman–Crippen MR) is 102 cm³/mol. The molecule has 0 N–H and O–H groups in total. The van der Waals surface area contributed by atoms with Gasteiger partial charge >= 0.3 is 0 Å². The van der Waals surface area contributed by atoms with Crippen molar-refractivity contribution >= 4 is 5.91 Å². The number of piperidine rings is 1. The Kier molecular flexibility index (Phi) is 5.46. The van der Waals surface area contributed by atoms with Gasteiger partial charge in [-0.1, -0.05) is 42.5 Å². The number of likely N-dealkylation sites (tertiary alicyclic amines) is 1. The van der Waals surface area contributed by atoms with E-state index in [-0.39, 0.29) is 17.6 Å². The van der Waals surface area contributed by atoms with E-state index in [1.165, 1.54) is 12.1 Å². The van der Waals surface area contributed by atoms with Gasteiger partial charge in [-0.05, 0) is 36.1 Å². The van der Waals surface area contributed by atoms with E-state index < -0.39 is 0 Å². The van der Waals surface area contributed by atoms with Gasteiger partial charge in [-0.3, -0.25) is 4.79 Å². The highest BCUT2D eigenvalue weighted by molar-refractivity contribution is 5.78. The van der Waals surface area contributed by atoms with E-state index >= 15 is 0 Å². The van der Waals surface area contributed by atoms with Gasteiger partial charge in [0.15, 0.2) is 0 Å². The van der Waals surface area contributed by atoms with Crippen molar-refractivity contribution in [1.82, 2.24) is 15.1 Å². The average molecular weight is 379 g/mol. The molecule has 1 aliphatic rings. The molecule has 1 amide bonds. The first-order chi connectivity index (χ1) is 13.7. The largest absolute Gasteiger partial charge is 0.425 e. The molecule has 6 heteroatoms. The summed E-state index contributed by atoms with van der Waals surface area (Å²) in [4.78, 5) is 14.5. The SMILES string of the molecule is O=C(Cc1ccccc1)N1CCC[C@@H](c2nnc(Cc3ccc(F)cc3)o2)C1. The molecule has 28 heavy (non-hydrogen) atoms. The van der Waals surface area contributed by atoms with Crippen LogP contribution in [0.1, 0.15) is 41.7 Å². The molecule has 1 saturated heterocycles. The normalized spacial score (nSPS) is 16.9. The van der Waals surface area contributed by atoms with Gasteiger partial charge in [0.05, 0.1) is 18.8 Å². The zero-order valence-corrected chi connectivity index (χ0v) is 15.6. The Morgan fingerprint density at radius 2 is 1.86 bits per heavy atom. The summed E-state index contributed by atoms with van der Waals surface area (Å²) >= 11 is 0. The molecule has 4 rings (SSSR count). The van der Waals surface area contributed by atoms with Gasteiger partial charge in [-0.15, -0.1) is 10.2 Å². The van der Waals surface area contributed by atoms with Crippen LogP contribution >= 0.6 is 0 Å². The van der Waals surface area contributed by atoms with Crippen LogP contribution in [0.15, 0.2) is 59.0 Å². The highest BCUT2D eigenvalue weighted by Gasteiger charge is 2.28. The second-order valence-electron chi connectivity index (χ2n) is 7.18. The maximum atomic E-state index is 13.0. The van der Waals surface area contributed by atoms with Crippen molar-refractivity contribution in [2.45, 2.75) is 31.6 Å². The maximum absolute atomic E-state index is 13.0. The van der Waals surface area contributed by atoms with Gasteiger partial charge in [-0.2, -0.15) is 0 Å². The summed E-state index contributed by atoms with van der Waals surface area (Å²) in [6.45, 7) is 1.36. The number of rotatable bonds is 5. The van der Waals surface area contributed by atoms with Crippen LogP contribution in [-0.2, 0) is 17.6 Å². The Morgan fingerprint density at radius 1 is 1.07 bits per heavy atom. The molecule has 1 aromatic heterocycles. The summed E-state index contributed by atoms with van der Waals surface area (Å²) in [6, 6.07) is 16.1. The molecule has 2 heterocycles. The first-order valence-electron chi connectivity index (χ1n) is 9.56. The Bertz CT molecular complexity index is 924. The topological polar surface area (TPSA) is 59.2 Å². The smallest absolute Gasteiger partial charge is 0.227 e. The summed E-state index contributed by atoms with van der Waals surface area (Å²) in [5, 5.41) is 8.34. The Labute approximate surface area is 163 Å². The van der Waals surface area contributed by atoms with Gasteiger partial charge < -0.3 is 9.32 Å². The number of benzene rings is 2. The Hall–Kier alpha value is -3.02. The van der Waals surface area contributed by atoms with Crippen LogP contribution in [0.25, 0.3) is 0 Å². The van der Waals surface area contributed by atoms with E-state index in [1.54, 1.807) is 12.1 Å². The standard InChI is InChI=1S/C22H22FN3O2/c23-19-10-8-17(9-11-19)13-20-24-25-22(28-20)18-7-4-12-26(15-18)21(27)14-16-5-2-1-3-6-16/h1-3,5-6,8-11,18H,4,7,12-15H2/t18-/m1/s1. The lowest BCUT2D eigenvalue weighted by Crippen LogP contribution is -2.40. The number of carbonyl (C=O) groups excluding carboxylic acids is 1. The lowest BCUT2D eigenvalue weighted by atomic mass is 9.97. The van der Waals surface area contributed by atoms with Crippen molar-refractivity contribution in [3.8, 4) is 0 Å². The molecular weight excluding hydrogens is 357 g/mol. The van der Waals surface area contributed by atoms with E-state index in [4.69, 9.17) is 4.42 Å². The molecule has 3 aromatic rings. The van der Waals surface area contributed by atoms with Crippen LogP contribution < -0.4 is 0 Å². The minimum Gasteiger partial charge on any atom is -0.425 e. The van der Waals surface area contributed by atoms with Crippen molar-refractivity contribution in [2.75, 3.05) is 13.1 Å². The lowest BCUT2D eigenvalue weighted by molar-refractivity contribution is -0.131. The number of nitrogens with zero attached hydrogens (tertiary/aromatic N) is 3. The minimum absolute atomic E-state index is 0.0583. The minimum atomic E-state index is -0.266. The number of carbonyl (C=O) groups is 1. The first-order valence-corrected chi connectivity index (χ1v) is 9.56. The average Bonchev–Trinajstić information content (AvgIpc) is 3.19. The maximum Gasteiger partial charge on any atom is 0.227 e. The summed E-state index contributed by atoms with van der Waals surface area (Å²) in [5.74, 6) is 1.01. The van der Waals surface area contributed by atoms with Crippen LogP contribution in [0.5, 0.6) is 0 Å². The summed E-state index contributed by atoms with van der Waals surface area (Å²) in [7, 11) is 0. The third kappa shape index (κ3) is 4.44. The fraction of sp³-hybridized carbons (Fsp3) is 0.318. The van der Waals surface area contributed by atoms with Crippen molar-refractivity contribution < 1.29 is 13.6 Å². The van der Waals surface area contributed by atoms with Crippen LogP contribution in [0.4, 0.5) is 4.39 Å². The van der Waals surface area contributed by atoms with E-state index in [0.29, 0.717) is 31.2 Å². The van der Waals surface area contributed by atoms with Crippen molar-refractivity contribution in [1.29, 1.82) is 0 Å². The van der Waals surface area contributed by atoms with Crippen LogP contribution in [0.2, 0.25) is 0 Å². The molecule has 1 aliphatic heterocycles. The van der Waals surface area contributed by atoms with Crippen LogP contribution in [0, 0.1) is 5.82 Å². The number of hydrogen-bond donors (Lipinski definition) is 0. The molecular formula is C22H22FN3O2. The number of halogens is 1. The molecule has 1 fully saturated rings. The molecule has 5 nitrogen and oxygen atoms in total. The first kappa shape index (κ1) is 18.3. The van der Waals surface area contributed by atoms with Gasteiger partial charge in [0.2, 0.25) is 17.7 Å². The molecule has 0 spiro atoms. The summed E-state index contributed by atoms with van der Waals surface area (Å²) in [5.41, 5.74) is 1.94. The molecule has 2 aromatic carbocycles. The van der Waals surface area contributed by atoms with Crippen molar-refractivity contribution in [2.24, 2.45) is 0 Å². The second-order valence-corrected chi connectivity index (χ2v) is 7.18. The lowest BCUT2D eigenvalue weighted by Gasteiger charge is -2.31. The molecule has 0 bridgehead atoms. The molecule has 1 atom stereocenters. The number of amides is 1. The third-order valence-corrected chi connectivity index (χ3v) is 5.07. The van der Waals surface area contributed by atoms with Crippen molar-refractivity contribution in [3.63, 3.8) is 0 Å². The number of hydrogen-bond acceptors (Lipinski definition) is 4. The zero-order chi connectivity index (χ0) is 19.3. The Balaban J connectivity index is 1.38. The predicted octanol–water partition coefficient (Wildman–Crippen LogP) is 3.75. The highest BCUT2D eigenvalue weighted by Crippen LogP contribution is 2.27. The monoisotopic (exact) mass is 379 g/mol. The second kappa shape index (κ2) is 8.33. The van der Waals surface area contributed by atoms with Crippen LogP contribution in [-0.4, -0.2) is 34.1 Å². The fourth-order valence-electron chi connectivity index (χ4n) is 3.57. The quantitative estimate of drug-likeness (QED) is 0.677. The van der Waals surface area contributed by atoms with E-state index in [9.17, 15) is 9.18 Å². The highest BCUT2D eigenvalue weighted by atomic mass is 19.1. The number of aromatic nitrogens is 2. The van der Waals surface area contributed by atoms with Gasteiger partial charge in [0.25, 0.3) is 0 Å². The molecule has 0 unspecified atom stereocenters. The fourth-order valence-corrected chi connectivity index (χ4v) is 3.57. The third-order valence-electron chi connectivity index (χ3n) is 5.07. The summed E-state index contributed by atoms with van der Waals surface area (Å²) < 4.78 is 18.9. The van der Waals surface area contributed by atoms with E-state index in [1.807, 2.05) is 35.2 Å². The van der Waals surface area contributed by atoms with E-state index in [2.05, 4.69) is 10.2 Å². The molecule has 0 radical (unpaired) electrons.